The minimum atomic E-state index is -1.72. The average Bonchev–Trinajstić information content (AvgIpc) is 0.811. The van der Waals surface area contributed by atoms with Gasteiger partial charge in [-0.25, -0.2) is 0 Å². The van der Waals surface area contributed by atoms with Crippen molar-refractivity contribution in [1.29, 1.82) is 0 Å². The molecule has 4 nitrogen and oxygen atoms in total. The summed E-state index contributed by atoms with van der Waals surface area (Å²) in [6, 6.07) is 0. The van der Waals surface area contributed by atoms with Crippen LogP contribution in [0, 0.1) is 0 Å². The van der Waals surface area contributed by atoms with Crippen molar-refractivity contribution in [3.8, 4) is 0 Å². The molecule has 0 saturated heterocycles. The first-order valence-electron chi connectivity index (χ1n) is 0.537. The topological polar surface area (TPSA) is 97.1 Å². The van der Waals surface area contributed by atoms with Gasteiger partial charge in [0.2, 0.25) is 0 Å². The molecule has 6 heavy (non-hydrogen) atoms. The Hall–Kier alpha value is 0.662. The molecule has 0 aliphatic carbocycles. The number of hydrogen-bond donors (Lipinski definition) is 0. The predicted molar refractivity (Wildman–Crippen MR) is 21.9 cm³/mol. The molecule has 4 N–H and O–H groups in total. The Kier molecular flexibility index (Phi) is 24.4. The van der Waals surface area contributed by atoms with Crippen molar-refractivity contribution in [2.75, 3.05) is 0 Å². The Balaban J connectivity index is -0.0000000450. The van der Waals surface area contributed by atoms with E-state index in [-0.39, 0.29) is 34.6 Å². The molecular formula is H4O4PbS. The van der Waals surface area contributed by atoms with E-state index in [1.165, 1.54) is 0 Å². The monoisotopic (exact) mass is 308 g/mol. The first-order chi connectivity index (χ1) is 1.73. The van der Waals surface area contributed by atoms with E-state index in [1.54, 1.807) is 0 Å². The summed E-state index contributed by atoms with van der Waals surface area (Å²) in [4.78, 5) is 0. The fraction of sp³-hybridized carbons (Fsp3) is 0. The van der Waals surface area contributed by atoms with Gasteiger partial charge in [0.1, 0.15) is 0 Å². The summed E-state index contributed by atoms with van der Waals surface area (Å²) in [7, 11) is 0. The second kappa shape index (κ2) is 9.18. The van der Waals surface area contributed by atoms with E-state index < -0.39 is 6.72 Å². The summed E-state index contributed by atoms with van der Waals surface area (Å²) in [5.41, 5.74) is 0. The molecule has 0 amide bonds. The molecule has 6 heteroatoms. The zero-order chi connectivity index (χ0) is 3.58. The molecule has 0 aromatic carbocycles. The van der Waals surface area contributed by atoms with Gasteiger partial charge in [0, 0.05) is 0 Å². The average molecular weight is 307 g/mol. The van der Waals surface area contributed by atoms with Crippen molar-refractivity contribution in [1.82, 2.24) is 0 Å². The molecule has 0 bridgehead atoms. The molecule has 0 fully saturated rings. The fourth-order valence-electron chi connectivity index (χ4n) is 0. The standard InChI is InChI=1S/O2S.2H2O.Pb/c1-3-2;;;/h;2*1H2;. The van der Waals surface area contributed by atoms with E-state index in [0.717, 1.165) is 0 Å². The Morgan fingerprint density at radius 1 is 1.17 bits per heavy atom. The third kappa shape index (κ3) is 143. The molecule has 38 valence electrons. The summed E-state index contributed by atoms with van der Waals surface area (Å²) in [5, 5.41) is 0. The van der Waals surface area contributed by atoms with E-state index in [1.807, 2.05) is 0 Å². The van der Waals surface area contributed by atoms with Crippen molar-refractivity contribution in [3.05, 3.63) is 0 Å². The molecule has 0 aliphatic rings. The van der Waals surface area contributed by atoms with Gasteiger partial charge in [-0.05, 0) is 0 Å². The maximum atomic E-state index is 9.06. The molecule has 0 unspecified atom stereocenters. The van der Waals surface area contributed by atoms with Crippen molar-refractivity contribution in [3.63, 3.8) is 0 Å². The Bertz CT molecular complexity index is 76.9. The van der Waals surface area contributed by atoms with Gasteiger partial charge in [-0.2, -0.15) is 0 Å². The van der Waals surface area contributed by atoms with Gasteiger partial charge in [-0.3, -0.25) is 0 Å². The van der Waals surface area contributed by atoms with Gasteiger partial charge in [0.15, 0.2) is 0 Å². The number of rotatable bonds is 0. The predicted octanol–water partition coefficient (Wildman–Crippen LogP) is -2.70. The third-order valence-electron chi connectivity index (χ3n) is 0. The first-order valence-corrected chi connectivity index (χ1v) is 6.37. The van der Waals surface area contributed by atoms with Crippen molar-refractivity contribution in [2.45, 2.75) is 0 Å². The molecule has 0 aromatic heterocycles. The van der Waals surface area contributed by atoms with Crippen molar-refractivity contribution in [2.24, 2.45) is 0 Å². The first kappa shape index (κ1) is 15.9. The fourth-order valence-corrected chi connectivity index (χ4v) is 0. The zero-order valence-corrected chi connectivity index (χ0v) is 7.43. The molecule has 0 atom stereocenters. The third-order valence-corrected chi connectivity index (χ3v) is 0. The Morgan fingerprint density at radius 3 is 1.17 bits per heavy atom. The van der Waals surface area contributed by atoms with E-state index in [4.69, 9.17) is 8.42 Å². The SMILES string of the molecule is O.O.O=[S](=O)=[Pb]. The van der Waals surface area contributed by atoms with Crippen LogP contribution in [-0.2, 0) is 6.72 Å². The van der Waals surface area contributed by atoms with Crippen LogP contribution in [-0.4, -0.2) is 43.1 Å². The van der Waals surface area contributed by atoms with Crippen LogP contribution >= 0.6 is 0 Å². The minimum absolute atomic E-state index is 0. The molecule has 0 spiro atoms. The molecule has 0 saturated carbocycles. The zero-order valence-electron chi connectivity index (χ0n) is 2.72. The van der Waals surface area contributed by atoms with Crippen molar-refractivity contribution >= 4 is 30.4 Å². The van der Waals surface area contributed by atoms with Crippen LogP contribution in [0.4, 0.5) is 0 Å². The van der Waals surface area contributed by atoms with E-state index in [0.29, 0.717) is 0 Å². The van der Waals surface area contributed by atoms with Gasteiger partial charge >= 0.3 is 38.8 Å². The van der Waals surface area contributed by atoms with E-state index in [2.05, 4.69) is 0 Å². The van der Waals surface area contributed by atoms with Gasteiger partial charge in [0.25, 0.3) is 0 Å². The second-order valence-electron chi connectivity index (χ2n) is 0.235. The molecule has 0 heterocycles. The molecule has 0 rings (SSSR count). The Morgan fingerprint density at radius 2 is 1.17 bits per heavy atom. The van der Waals surface area contributed by atoms with Crippen LogP contribution < -0.4 is 0 Å². The molecular weight excluding hydrogens is 303 g/mol. The summed E-state index contributed by atoms with van der Waals surface area (Å²) in [5.74, 6) is 0. The Labute approximate surface area is 49.8 Å². The van der Waals surface area contributed by atoms with Gasteiger partial charge in [-0.15, -0.1) is 0 Å². The van der Waals surface area contributed by atoms with Gasteiger partial charge in [-0.1, -0.05) is 0 Å². The molecule has 2 radical (unpaired) electrons. The van der Waals surface area contributed by atoms with E-state index >= 15 is 0 Å². The summed E-state index contributed by atoms with van der Waals surface area (Å²) in [6.07, 6.45) is 0. The summed E-state index contributed by atoms with van der Waals surface area (Å²) in [6.45, 7) is -1.72. The van der Waals surface area contributed by atoms with Gasteiger partial charge in [0.05, 0.1) is 0 Å². The van der Waals surface area contributed by atoms with E-state index in [9.17, 15) is 0 Å². The summed E-state index contributed by atoms with van der Waals surface area (Å²) >= 11 is 0.265. The second-order valence-corrected chi connectivity index (χ2v) is 4.59. The number of hydrogen-bond acceptors (Lipinski definition) is 2. The van der Waals surface area contributed by atoms with Crippen LogP contribution in [0.5, 0.6) is 0 Å². The van der Waals surface area contributed by atoms with Crippen LogP contribution in [0.1, 0.15) is 0 Å². The molecule has 0 aromatic rings. The van der Waals surface area contributed by atoms with Crippen LogP contribution in [0.3, 0.4) is 0 Å². The van der Waals surface area contributed by atoms with Crippen LogP contribution in [0.25, 0.3) is 0 Å². The van der Waals surface area contributed by atoms with Gasteiger partial charge < -0.3 is 11.0 Å². The van der Waals surface area contributed by atoms with Crippen LogP contribution in [0.2, 0.25) is 0 Å². The normalized spacial score (nSPS) is 4.00. The van der Waals surface area contributed by atoms with Crippen molar-refractivity contribution < 1.29 is 19.4 Å². The maximum absolute atomic E-state index is 9.06. The summed E-state index contributed by atoms with van der Waals surface area (Å²) < 4.78 is 18.1. The quantitative estimate of drug-likeness (QED) is 0.455. The molecule has 0 aliphatic heterocycles. The van der Waals surface area contributed by atoms with Crippen LogP contribution in [0.15, 0.2) is 0 Å².